The van der Waals surface area contributed by atoms with E-state index in [9.17, 15) is 0 Å². The van der Waals surface area contributed by atoms with Crippen molar-refractivity contribution in [2.24, 2.45) is 11.8 Å². The number of likely N-dealkylation sites (tertiary alicyclic amines) is 1. The summed E-state index contributed by atoms with van der Waals surface area (Å²) in [5.41, 5.74) is 10.4. The Bertz CT molecular complexity index is 534. The Hall–Kier alpha value is -1.02. The zero-order chi connectivity index (χ0) is 13.9. The average Bonchev–Trinajstić information content (AvgIpc) is 3.22. The van der Waals surface area contributed by atoms with Crippen molar-refractivity contribution in [2.45, 2.75) is 51.0 Å². The smallest absolute Gasteiger partial charge is 0.0317 e. The van der Waals surface area contributed by atoms with Crippen molar-refractivity contribution in [3.8, 4) is 0 Å². The second-order valence-corrected chi connectivity index (χ2v) is 7.58. The van der Waals surface area contributed by atoms with Gasteiger partial charge in [0.15, 0.2) is 0 Å². The molecule has 2 aliphatic carbocycles. The van der Waals surface area contributed by atoms with Crippen LogP contribution in [0.2, 0.25) is 0 Å². The third-order valence-electron chi connectivity index (χ3n) is 6.34. The predicted octanol–water partition coefficient (Wildman–Crippen LogP) is 3.20. The number of rotatable bonds is 2. The normalized spacial score (nSPS) is 36.7. The summed E-state index contributed by atoms with van der Waals surface area (Å²) >= 11 is 0. The molecule has 2 N–H and O–H groups in total. The molecule has 4 rings (SSSR count). The molecule has 1 saturated carbocycles. The Morgan fingerprint density at radius 3 is 2.90 bits per heavy atom. The standard InChI is InChI=1S/C18H26N2/c1-12-17-9-14-5-6-15(19)10-16(14)18(12,2)7-8-20(17)11-13-3-4-13/h5-6,10,12-13,17H,3-4,7-9,11,19H2,1-2H3/t12-,17?,18+/m0/s1. The number of nitrogens with zero attached hydrogens (tertiary/aromatic N) is 1. The molecule has 1 aromatic carbocycles. The number of hydrogen-bond acceptors (Lipinski definition) is 2. The first-order valence-electron chi connectivity index (χ1n) is 8.21. The van der Waals surface area contributed by atoms with Crippen LogP contribution in [0.3, 0.4) is 0 Å². The van der Waals surface area contributed by atoms with Gasteiger partial charge in [0.1, 0.15) is 0 Å². The molecule has 1 heterocycles. The molecule has 108 valence electrons. The summed E-state index contributed by atoms with van der Waals surface area (Å²) in [5.74, 6) is 1.74. The minimum absolute atomic E-state index is 0.327. The molecule has 0 amide bonds. The van der Waals surface area contributed by atoms with Crippen molar-refractivity contribution in [3.63, 3.8) is 0 Å². The van der Waals surface area contributed by atoms with E-state index in [4.69, 9.17) is 5.73 Å². The highest BCUT2D eigenvalue weighted by Crippen LogP contribution is 2.49. The summed E-state index contributed by atoms with van der Waals surface area (Å²) in [4.78, 5) is 2.80. The van der Waals surface area contributed by atoms with E-state index in [0.717, 1.165) is 23.6 Å². The molecule has 1 aliphatic heterocycles. The lowest BCUT2D eigenvalue weighted by Crippen LogP contribution is -2.58. The minimum atomic E-state index is 0.327. The molecular weight excluding hydrogens is 244 g/mol. The summed E-state index contributed by atoms with van der Waals surface area (Å²) in [5, 5.41) is 0. The van der Waals surface area contributed by atoms with Gasteiger partial charge in [0.25, 0.3) is 0 Å². The van der Waals surface area contributed by atoms with Gasteiger partial charge in [-0.1, -0.05) is 19.9 Å². The predicted molar refractivity (Wildman–Crippen MR) is 83.8 cm³/mol. The van der Waals surface area contributed by atoms with E-state index >= 15 is 0 Å². The van der Waals surface area contributed by atoms with Crippen LogP contribution in [0.25, 0.3) is 0 Å². The monoisotopic (exact) mass is 270 g/mol. The summed E-state index contributed by atoms with van der Waals surface area (Å²) in [6.07, 6.45) is 5.43. The van der Waals surface area contributed by atoms with Crippen molar-refractivity contribution in [1.29, 1.82) is 0 Å². The third-order valence-corrected chi connectivity index (χ3v) is 6.34. The quantitative estimate of drug-likeness (QED) is 0.836. The maximum absolute atomic E-state index is 6.05. The molecule has 2 bridgehead atoms. The maximum atomic E-state index is 6.05. The van der Waals surface area contributed by atoms with Gasteiger partial charge in [0, 0.05) is 18.3 Å². The van der Waals surface area contributed by atoms with E-state index in [1.807, 2.05) is 0 Å². The summed E-state index contributed by atoms with van der Waals surface area (Å²) in [6.45, 7) is 7.55. The lowest BCUT2D eigenvalue weighted by atomic mass is 9.59. The fourth-order valence-electron chi connectivity index (χ4n) is 4.58. The third kappa shape index (κ3) is 1.81. The highest BCUT2D eigenvalue weighted by Gasteiger charge is 2.48. The molecule has 3 aliphatic rings. The van der Waals surface area contributed by atoms with Gasteiger partial charge in [-0.25, -0.2) is 0 Å². The van der Waals surface area contributed by atoms with E-state index < -0.39 is 0 Å². The Kier molecular flexibility index (Phi) is 2.69. The Morgan fingerprint density at radius 2 is 2.15 bits per heavy atom. The van der Waals surface area contributed by atoms with E-state index in [1.54, 1.807) is 5.56 Å². The van der Waals surface area contributed by atoms with E-state index in [2.05, 4.69) is 36.9 Å². The van der Waals surface area contributed by atoms with Crippen molar-refractivity contribution in [3.05, 3.63) is 29.3 Å². The van der Waals surface area contributed by atoms with Crippen molar-refractivity contribution >= 4 is 5.69 Å². The highest BCUT2D eigenvalue weighted by molar-refractivity contribution is 5.50. The Balaban J connectivity index is 1.71. The Morgan fingerprint density at radius 1 is 1.35 bits per heavy atom. The molecule has 0 aromatic heterocycles. The fraction of sp³-hybridized carbons (Fsp3) is 0.667. The summed E-state index contributed by atoms with van der Waals surface area (Å²) in [7, 11) is 0. The van der Waals surface area contributed by atoms with Gasteiger partial charge in [0.2, 0.25) is 0 Å². The van der Waals surface area contributed by atoms with Crippen LogP contribution < -0.4 is 5.73 Å². The van der Waals surface area contributed by atoms with Crippen LogP contribution in [0, 0.1) is 11.8 Å². The molecule has 20 heavy (non-hydrogen) atoms. The molecule has 2 nitrogen and oxygen atoms in total. The summed E-state index contributed by atoms with van der Waals surface area (Å²) in [6, 6.07) is 7.35. The second-order valence-electron chi connectivity index (χ2n) is 7.58. The van der Waals surface area contributed by atoms with Gasteiger partial charge >= 0.3 is 0 Å². The topological polar surface area (TPSA) is 29.3 Å². The Labute approximate surface area is 122 Å². The van der Waals surface area contributed by atoms with Gasteiger partial charge in [-0.2, -0.15) is 0 Å². The average molecular weight is 270 g/mol. The van der Waals surface area contributed by atoms with E-state index in [-0.39, 0.29) is 0 Å². The van der Waals surface area contributed by atoms with Gasteiger partial charge in [-0.3, -0.25) is 4.90 Å². The van der Waals surface area contributed by atoms with Crippen molar-refractivity contribution in [2.75, 3.05) is 18.8 Å². The molecule has 0 radical (unpaired) electrons. The number of piperidine rings is 1. The van der Waals surface area contributed by atoms with Crippen LogP contribution in [0.1, 0.15) is 44.2 Å². The van der Waals surface area contributed by atoms with Crippen LogP contribution in [0.5, 0.6) is 0 Å². The zero-order valence-corrected chi connectivity index (χ0v) is 12.7. The van der Waals surface area contributed by atoms with E-state index in [1.165, 1.54) is 44.3 Å². The first kappa shape index (κ1) is 12.7. The van der Waals surface area contributed by atoms with Gasteiger partial charge < -0.3 is 5.73 Å². The molecule has 1 saturated heterocycles. The molecule has 1 aromatic rings. The lowest BCUT2D eigenvalue weighted by molar-refractivity contribution is 0.0284. The van der Waals surface area contributed by atoms with Crippen LogP contribution >= 0.6 is 0 Å². The molecule has 0 spiro atoms. The zero-order valence-electron chi connectivity index (χ0n) is 12.7. The van der Waals surface area contributed by atoms with Crippen molar-refractivity contribution < 1.29 is 0 Å². The van der Waals surface area contributed by atoms with Crippen LogP contribution in [-0.4, -0.2) is 24.0 Å². The van der Waals surface area contributed by atoms with Gasteiger partial charge in [-0.05, 0) is 72.7 Å². The molecule has 3 atom stereocenters. The van der Waals surface area contributed by atoms with Crippen molar-refractivity contribution in [1.82, 2.24) is 4.90 Å². The number of nitrogens with two attached hydrogens (primary N) is 1. The number of nitrogen functional groups attached to an aromatic ring is 1. The maximum Gasteiger partial charge on any atom is 0.0317 e. The molecule has 1 unspecified atom stereocenters. The number of anilines is 1. The fourth-order valence-corrected chi connectivity index (χ4v) is 4.58. The first-order valence-corrected chi connectivity index (χ1v) is 8.21. The first-order chi connectivity index (χ1) is 9.58. The van der Waals surface area contributed by atoms with Gasteiger partial charge in [0.05, 0.1) is 0 Å². The molecular formula is C18H26N2. The molecule has 2 heteroatoms. The highest BCUT2D eigenvalue weighted by atomic mass is 15.2. The number of fused-ring (bicyclic) bond motifs is 4. The minimum Gasteiger partial charge on any atom is -0.399 e. The van der Waals surface area contributed by atoms with Gasteiger partial charge in [-0.15, -0.1) is 0 Å². The van der Waals surface area contributed by atoms with E-state index in [0.29, 0.717) is 5.41 Å². The summed E-state index contributed by atoms with van der Waals surface area (Å²) < 4.78 is 0. The number of benzene rings is 1. The second kappa shape index (κ2) is 4.24. The molecule has 2 fully saturated rings. The SMILES string of the molecule is C[C@H]1C2Cc3ccc(N)cc3[C@]1(C)CCN2CC1CC1. The van der Waals surface area contributed by atoms with Crippen LogP contribution in [-0.2, 0) is 11.8 Å². The largest absolute Gasteiger partial charge is 0.399 e. The van der Waals surface area contributed by atoms with Crippen LogP contribution in [0.4, 0.5) is 5.69 Å². The number of hydrogen-bond donors (Lipinski definition) is 1. The lowest BCUT2D eigenvalue weighted by Gasteiger charge is -2.54. The van der Waals surface area contributed by atoms with Crippen LogP contribution in [0.15, 0.2) is 18.2 Å².